The van der Waals surface area contributed by atoms with Gasteiger partial charge in [-0.3, -0.25) is 0 Å². The SMILES string of the molecule is CCCNC1(CNC(=O)OC(C)(C)C)CC1. The van der Waals surface area contributed by atoms with E-state index in [1.165, 1.54) is 0 Å². The van der Waals surface area contributed by atoms with E-state index < -0.39 is 5.60 Å². The lowest BCUT2D eigenvalue weighted by atomic mass is 10.2. The van der Waals surface area contributed by atoms with Gasteiger partial charge in [0.2, 0.25) is 0 Å². The van der Waals surface area contributed by atoms with E-state index in [1.54, 1.807) is 0 Å². The van der Waals surface area contributed by atoms with Crippen molar-refractivity contribution in [2.24, 2.45) is 0 Å². The smallest absolute Gasteiger partial charge is 0.407 e. The second kappa shape index (κ2) is 5.04. The summed E-state index contributed by atoms with van der Waals surface area (Å²) in [6.45, 7) is 9.43. The zero-order valence-corrected chi connectivity index (χ0v) is 10.9. The maximum Gasteiger partial charge on any atom is 0.407 e. The molecule has 0 atom stereocenters. The van der Waals surface area contributed by atoms with Gasteiger partial charge in [-0.15, -0.1) is 0 Å². The number of carbonyl (C=O) groups excluding carboxylic acids is 1. The molecular formula is C12H24N2O2. The van der Waals surface area contributed by atoms with E-state index in [0.29, 0.717) is 6.54 Å². The number of hydrogen-bond donors (Lipinski definition) is 2. The third-order valence-electron chi connectivity index (χ3n) is 2.57. The first-order valence-electron chi connectivity index (χ1n) is 6.09. The van der Waals surface area contributed by atoms with Gasteiger partial charge in [-0.05, 0) is 46.6 Å². The van der Waals surface area contributed by atoms with E-state index in [0.717, 1.165) is 25.8 Å². The summed E-state index contributed by atoms with van der Waals surface area (Å²) >= 11 is 0. The van der Waals surface area contributed by atoms with Crippen LogP contribution in [0.2, 0.25) is 0 Å². The van der Waals surface area contributed by atoms with Crippen LogP contribution in [0.15, 0.2) is 0 Å². The zero-order valence-electron chi connectivity index (χ0n) is 10.9. The summed E-state index contributed by atoms with van der Waals surface area (Å²) in [4.78, 5) is 11.4. The van der Waals surface area contributed by atoms with Crippen molar-refractivity contribution in [3.8, 4) is 0 Å². The molecular weight excluding hydrogens is 204 g/mol. The van der Waals surface area contributed by atoms with Crippen molar-refractivity contribution < 1.29 is 9.53 Å². The second-order valence-electron chi connectivity index (χ2n) is 5.56. The summed E-state index contributed by atoms with van der Waals surface area (Å²) in [7, 11) is 0. The number of amides is 1. The van der Waals surface area contributed by atoms with E-state index in [1.807, 2.05) is 20.8 Å². The number of rotatable bonds is 5. The van der Waals surface area contributed by atoms with Gasteiger partial charge in [-0.25, -0.2) is 4.79 Å². The van der Waals surface area contributed by atoms with Crippen LogP contribution < -0.4 is 10.6 Å². The highest BCUT2D eigenvalue weighted by Gasteiger charge is 2.42. The minimum Gasteiger partial charge on any atom is -0.444 e. The van der Waals surface area contributed by atoms with Gasteiger partial charge >= 0.3 is 6.09 Å². The van der Waals surface area contributed by atoms with Crippen LogP contribution in [-0.4, -0.2) is 30.3 Å². The molecule has 94 valence electrons. The van der Waals surface area contributed by atoms with Gasteiger partial charge in [0.05, 0.1) is 0 Å². The van der Waals surface area contributed by atoms with Gasteiger partial charge < -0.3 is 15.4 Å². The van der Waals surface area contributed by atoms with E-state index in [4.69, 9.17) is 4.74 Å². The Hall–Kier alpha value is -0.770. The molecule has 0 aromatic rings. The molecule has 4 heteroatoms. The molecule has 0 unspecified atom stereocenters. The maximum atomic E-state index is 11.4. The molecule has 0 saturated heterocycles. The zero-order chi connectivity index (χ0) is 12.2. The molecule has 0 aromatic heterocycles. The first kappa shape index (κ1) is 13.3. The first-order valence-corrected chi connectivity index (χ1v) is 6.09. The molecule has 4 nitrogen and oxygen atoms in total. The van der Waals surface area contributed by atoms with Crippen LogP contribution in [0.25, 0.3) is 0 Å². The van der Waals surface area contributed by atoms with Crippen molar-refractivity contribution in [2.75, 3.05) is 13.1 Å². The lowest BCUT2D eigenvalue weighted by molar-refractivity contribution is 0.0520. The molecule has 1 fully saturated rings. The van der Waals surface area contributed by atoms with E-state index >= 15 is 0 Å². The summed E-state index contributed by atoms with van der Waals surface area (Å²) in [5.41, 5.74) is -0.273. The Bertz CT molecular complexity index is 242. The molecule has 1 saturated carbocycles. The summed E-state index contributed by atoms with van der Waals surface area (Å²) in [6, 6.07) is 0. The lowest BCUT2D eigenvalue weighted by Crippen LogP contribution is -2.44. The Morgan fingerprint density at radius 2 is 2.00 bits per heavy atom. The number of hydrogen-bond acceptors (Lipinski definition) is 3. The molecule has 0 radical (unpaired) electrons. The van der Waals surface area contributed by atoms with E-state index in [9.17, 15) is 4.79 Å². The minimum absolute atomic E-state index is 0.146. The Morgan fingerprint density at radius 1 is 1.38 bits per heavy atom. The first-order chi connectivity index (χ1) is 7.37. The highest BCUT2D eigenvalue weighted by atomic mass is 16.6. The fraction of sp³-hybridized carbons (Fsp3) is 0.917. The monoisotopic (exact) mass is 228 g/mol. The van der Waals surface area contributed by atoms with Crippen LogP contribution in [0.3, 0.4) is 0 Å². The van der Waals surface area contributed by atoms with Gasteiger partial charge in [0.25, 0.3) is 0 Å². The molecule has 0 bridgehead atoms. The average molecular weight is 228 g/mol. The van der Waals surface area contributed by atoms with E-state index in [-0.39, 0.29) is 11.6 Å². The Kier molecular flexibility index (Phi) is 4.19. The summed E-state index contributed by atoms with van der Waals surface area (Å²) in [5, 5.41) is 6.29. The lowest BCUT2D eigenvalue weighted by Gasteiger charge is -2.22. The Labute approximate surface area is 98.1 Å². The minimum atomic E-state index is -0.419. The fourth-order valence-corrected chi connectivity index (χ4v) is 1.51. The van der Waals surface area contributed by atoms with Crippen LogP contribution in [0.1, 0.15) is 47.0 Å². The van der Waals surface area contributed by atoms with Gasteiger partial charge in [-0.1, -0.05) is 6.92 Å². The standard InChI is InChI=1S/C12H24N2O2/c1-5-8-14-12(6-7-12)9-13-10(15)16-11(2,3)4/h14H,5-9H2,1-4H3,(H,13,15). The topological polar surface area (TPSA) is 50.4 Å². The molecule has 0 aliphatic heterocycles. The van der Waals surface area contributed by atoms with Crippen LogP contribution >= 0.6 is 0 Å². The van der Waals surface area contributed by atoms with Crippen LogP contribution in [0, 0.1) is 0 Å². The van der Waals surface area contributed by atoms with Gasteiger partial charge in [0.15, 0.2) is 0 Å². The predicted octanol–water partition coefficient (Wildman–Crippen LogP) is 2.04. The van der Waals surface area contributed by atoms with Crippen LogP contribution in [0.4, 0.5) is 4.79 Å². The van der Waals surface area contributed by atoms with Crippen LogP contribution in [-0.2, 0) is 4.74 Å². The quantitative estimate of drug-likeness (QED) is 0.757. The molecule has 1 rings (SSSR count). The molecule has 0 aromatic carbocycles. The summed E-state index contributed by atoms with van der Waals surface area (Å²) in [5.74, 6) is 0. The van der Waals surface area contributed by atoms with Crippen molar-refractivity contribution >= 4 is 6.09 Å². The molecule has 0 spiro atoms. The number of ether oxygens (including phenoxy) is 1. The van der Waals surface area contributed by atoms with E-state index in [2.05, 4.69) is 17.6 Å². The average Bonchev–Trinajstić information content (AvgIpc) is 2.90. The number of alkyl carbamates (subject to hydrolysis) is 1. The largest absolute Gasteiger partial charge is 0.444 e. The predicted molar refractivity (Wildman–Crippen MR) is 64.5 cm³/mol. The fourth-order valence-electron chi connectivity index (χ4n) is 1.51. The Morgan fingerprint density at radius 3 is 2.44 bits per heavy atom. The third-order valence-corrected chi connectivity index (χ3v) is 2.57. The molecule has 2 N–H and O–H groups in total. The number of carbonyl (C=O) groups is 1. The summed E-state index contributed by atoms with van der Waals surface area (Å²) in [6.07, 6.45) is 3.08. The van der Waals surface area contributed by atoms with Gasteiger partial charge in [0.1, 0.15) is 5.60 Å². The van der Waals surface area contributed by atoms with Crippen LogP contribution in [0.5, 0.6) is 0 Å². The van der Waals surface area contributed by atoms with Crippen molar-refractivity contribution in [1.82, 2.24) is 10.6 Å². The molecule has 16 heavy (non-hydrogen) atoms. The molecule has 0 heterocycles. The van der Waals surface area contributed by atoms with Crippen molar-refractivity contribution in [3.63, 3.8) is 0 Å². The molecule has 1 aliphatic carbocycles. The highest BCUT2D eigenvalue weighted by Crippen LogP contribution is 2.34. The second-order valence-corrected chi connectivity index (χ2v) is 5.56. The summed E-state index contributed by atoms with van der Waals surface area (Å²) < 4.78 is 5.19. The van der Waals surface area contributed by atoms with Gasteiger partial charge in [-0.2, -0.15) is 0 Å². The van der Waals surface area contributed by atoms with Crippen molar-refractivity contribution in [3.05, 3.63) is 0 Å². The third kappa shape index (κ3) is 4.84. The van der Waals surface area contributed by atoms with Gasteiger partial charge in [0, 0.05) is 12.1 Å². The maximum absolute atomic E-state index is 11.4. The van der Waals surface area contributed by atoms with Crippen molar-refractivity contribution in [1.29, 1.82) is 0 Å². The van der Waals surface area contributed by atoms with Crippen molar-refractivity contribution in [2.45, 2.75) is 58.1 Å². The highest BCUT2D eigenvalue weighted by molar-refractivity contribution is 5.67. The number of nitrogens with one attached hydrogen (secondary N) is 2. The Balaban J connectivity index is 2.21. The molecule has 1 aliphatic rings. The normalized spacial score (nSPS) is 18.0. The molecule has 1 amide bonds.